The molecule has 96 valence electrons. The molecule has 0 unspecified atom stereocenters. The summed E-state index contributed by atoms with van der Waals surface area (Å²) in [6.45, 7) is -1.60. The number of hydrogen-bond acceptors (Lipinski definition) is 2. The van der Waals surface area contributed by atoms with E-state index in [1.54, 1.807) is 12.1 Å². The molecule has 17 heavy (non-hydrogen) atoms. The first-order valence-corrected chi connectivity index (χ1v) is 6.84. The van der Waals surface area contributed by atoms with Crippen LogP contribution in [0.3, 0.4) is 0 Å². The van der Waals surface area contributed by atoms with Crippen LogP contribution in [-0.4, -0.2) is 21.1 Å². The van der Waals surface area contributed by atoms with Crippen LogP contribution in [-0.2, 0) is 10.2 Å². The molecule has 0 aromatic heterocycles. The number of nitrogens with one attached hydrogen (secondary N) is 2. The molecule has 0 aliphatic rings. The zero-order chi connectivity index (χ0) is 13.1. The fourth-order valence-corrected chi connectivity index (χ4v) is 2.12. The molecule has 1 aromatic rings. The van der Waals surface area contributed by atoms with Gasteiger partial charge in [-0.1, -0.05) is 0 Å². The highest BCUT2D eigenvalue weighted by Gasteiger charge is 2.29. The molecule has 0 fully saturated rings. The molecule has 0 aliphatic heterocycles. The van der Waals surface area contributed by atoms with Gasteiger partial charge in [-0.2, -0.15) is 26.3 Å². The van der Waals surface area contributed by atoms with Crippen molar-refractivity contribution in [3.63, 3.8) is 0 Å². The first kappa shape index (κ1) is 14.5. The number of halogens is 4. The Hall–Kier alpha value is -0.550. The van der Waals surface area contributed by atoms with Crippen molar-refractivity contribution in [2.45, 2.75) is 6.18 Å². The van der Waals surface area contributed by atoms with Crippen LogP contribution in [0.4, 0.5) is 18.9 Å². The average molecular weight is 380 g/mol. The highest BCUT2D eigenvalue weighted by Crippen LogP contribution is 2.14. The third-order valence-corrected chi connectivity index (χ3v) is 3.31. The molecule has 0 aliphatic carbocycles. The number of alkyl halides is 3. The van der Waals surface area contributed by atoms with E-state index in [-0.39, 0.29) is 5.69 Å². The fraction of sp³-hybridized carbons (Fsp3) is 0.250. The van der Waals surface area contributed by atoms with Crippen molar-refractivity contribution in [3.8, 4) is 0 Å². The quantitative estimate of drug-likeness (QED) is 0.787. The Morgan fingerprint density at radius 3 is 2.18 bits per heavy atom. The van der Waals surface area contributed by atoms with Crippen LogP contribution in [0.5, 0.6) is 0 Å². The van der Waals surface area contributed by atoms with Crippen LogP contribution in [0.1, 0.15) is 0 Å². The van der Waals surface area contributed by atoms with Gasteiger partial charge in [0, 0.05) is 9.26 Å². The van der Waals surface area contributed by atoms with E-state index in [1.165, 1.54) is 16.9 Å². The SMILES string of the molecule is O=S(=O)(NCC(F)(F)F)Nc1ccc(I)cc1. The van der Waals surface area contributed by atoms with Crippen LogP contribution >= 0.6 is 22.6 Å². The summed E-state index contributed by atoms with van der Waals surface area (Å²) in [4.78, 5) is 0. The predicted octanol–water partition coefficient (Wildman–Crippen LogP) is 2.10. The lowest BCUT2D eigenvalue weighted by Crippen LogP contribution is -2.37. The van der Waals surface area contributed by atoms with Gasteiger partial charge in [0.15, 0.2) is 0 Å². The van der Waals surface area contributed by atoms with Gasteiger partial charge in [0.1, 0.15) is 6.54 Å². The number of rotatable bonds is 4. The van der Waals surface area contributed by atoms with Gasteiger partial charge in [0.05, 0.1) is 0 Å². The average Bonchev–Trinajstić information content (AvgIpc) is 2.18. The van der Waals surface area contributed by atoms with Crippen LogP contribution in [0, 0.1) is 3.57 Å². The highest BCUT2D eigenvalue weighted by molar-refractivity contribution is 14.1. The normalized spacial score (nSPS) is 12.5. The molecule has 0 heterocycles. The molecule has 9 heteroatoms. The maximum atomic E-state index is 11.8. The van der Waals surface area contributed by atoms with Crippen molar-refractivity contribution in [1.29, 1.82) is 0 Å². The fourth-order valence-electron chi connectivity index (χ4n) is 0.886. The summed E-state index contributed by atoms with van der Waals surface area (Å²) in [6, 6.07) is 6.16. The van der Waals surface area contributed by atoms with Crippen LogP contribution in [0.25, 0.3) is 0 Å². The standard InChI is InChI=1S/C8H8F3IN2O2S/c9-8(10,11)5-13-17(15,16)14-7-3-1-6(12)2-4-7/h1-4,13-14H,5H2. The number of hydrogen-bond donors (Lipinski definition) is 2. The van der Waals surface area contributed by atoms with E-state index in [9.17, 15) is 21.6 Å². The van der Waals surface area contributed by atoms with E-state index in [0.29, 0.717) is 0 Å². The van der Waals surface area contributed by atoms with Gasteiger partial charge >= 0.3 is 6.18 Å². The second-order valence-corrected chi connectivity index (χ2v) is 5.79. The van der Waals surface area contributed by atoms with Gasteiger partial charge in [-0.3, -0.25) is 4.72 Å². The molecule has 1 rings (SSSR count). The van der Waals surface area contributed by atoms with Crippen LogP contribution in [0.15, 0.2) is 24.3 Å². The van der Waals surface area contributed by atoms with E-state index in [2.05, 4.69) is 0 Å². The molecule has 1 aromatic carbocycles. The van der Waals surface area contributed by atoms with E-state index < -0.39 is 22.9 Å². The Kier molecular flexibility index (Phi) is 4.61. The van der Waals surface area contributed by atoms with E-state index in [4.69, 9.17) is 0 Å². The van der Waals surface area contributed by atoms with Crippen molar-refractivity contribution in [1.82, 2.24) is 4.72 Å². The topological polar surface area (TPSA) is 58.2 Å². The minimum Gasteiger partial charge on any atom is -0.271 e. The van der Waals surface area contributed by atoms with E-state index in [0.717, 1.165) is 3.57 Å². The van der Waals surface area contributed by atoms with Gasteiger partial charge in [-0.05, 0) is 46.9 Å². The summed E-state index contributed by atoms with van der Waals surface area (Å²) in [5.41, 5.74) is 0.195. The van der Waals surface area contributed by atoms with Gasteiger partial charge in [0.25, 0.3) is 10.2 Å². The van der Waals surface area contributed by atoms with Crippen molar-refractivity contribution < 1.29 is 21.6 Å². The lowest BCUT2D eigenvalue weighted by atomic mass is 10.3. The summed E-state index contributed by atoms with van der Waals surface area (Å²) in [5, 5.41) is 0. The zero-order valence-electron chi connectivity index (χ0n) is 8.25. The summed E-state index contributed by atoms with van der Waals surface area (Å²) in [6.07, 6.45) is -4.58. The van der Waals surface area contributed by atoms with Gasteiger partial charge in [-0.25, -0.2) is 0 Å². The van der Waals surface area contributed by atoms with Crippen LogP contribution in [0.2, 0.25) is 0 Å². The molecule has 0 radical (unpaired) electrons. The Morgan fingerprint density at radius 2 is 1.71 bits per heavy atom. The smallest absolute Gasteiger partial charge is 0.271 e. The van der Waals surface area contributed by atoms with Gasteiger partial charge in [-0.15, -0.1) is 0 Å². The third kappa shape index (κ3) is 6.07. The summed E-state index contributed by atoms with van der Waals surface area (Å²) in [5.74, 6) is 0. The second kappa shape index (κ2) is 5.40. The Labute approximate surface area is 110 Å². The van der Waals surface area contributed by atoms with E-state index >= 15 is 0 Å². The highest BCUT2D eigenvalue weighted by atomic mass is 127. The molecular weight excluding hydrogens is 372 g/mol. The first-order chi connectivity index (χ1) is 7.68. The van der Waals surface area contributed by atoms with Crippen molar-refractivity contribution in [3.05, 3.63) is 27.8 Å². The van der Waals surface area contributed by atoms with Crippen molar-refractivity contribution >= 4 is 38.5 Å². The molecule has 0 saturated carbocycles. The number of benzene rings is 1. The lowest BCUT2D eigenvalue weighted by molar-refractivity contribution is -0.121. The number of anilines is 1. The van der Waals surface area contributed by atoms with Gasteiger partial charge in [0.2, 0.25) is 0 Å². The molecule has 0 amide bonds. The molecule has 2 N–H and O–H groups in total. The Balaban J connectivity index is 2.64. The minimum absolute atomic E-state index is 0.195. The summed E-state index contributed by atoms with van der Waals surface area (Å²) < 4.78 is 62.1. The van der Waals surface area contributed by atoms with Gasteiger partial charge < -0.3 is 0 Å². The zero-order valence-corrected chi connectivity index (χ0v) is 11.2. The van der Waals surface area contributed by atoms with Crippen molar-refractivity contribution in [2.75, 3.05) is 11.3 Å². The maximum absolute atomic E-state index is 11.8. The van der Waals surface area contributed by atoms with Crippen molar-refractivity contribution in [2.24, 2.45) is 0 Å². The molecule has 0 atom stereocenters. The molecule has 0 bridgehead atoms. The second-order valence-electron chi connectivity index (χ2n) is 3.05. The summed E-state index contributed by atoms with van der Waals surface area (Å²) in [7, 11) is -4.20. The largest absolute Gasteiger partial charge is 0.402 e. The molecule has 4 nitrogen and oxygen atoms in total. The minimum atomic E-state index is -4.58. The Bertz CT molecular complexity index is 473. The van der Waals surface area contributed by atoms with E-state index in [1.807, 2.05) is 27.3 Å². The van der Waals surface area contributed by atoms with Crippen LogP contribution < -0.4 is 9.44 Å². The third-order valence-electron chi connectivity index (χ3n) is 1.56. The molecule has 0 spiro atoms. The predicted molar refractivity (Wildman–Crippen MR) is 65.8 cm³/mol. The monoisotopic (exact) mass is 380 g/mol. The summed E-state index contributed by atoms with van der Waals surface area (Å²) >= 11 is 2.02. The lowest BCUT2D eigenvalue weighted by Gasteiger charge is -2.11. The molecular formula is C8H8F3IN2O2S. The first-order valence-electron chi connectivity index (χ1n) is 4.28. The molecule has 0 saturated heterocycles. The Morgan fingerprint density at radius 1 is 1.18 bits per heavy atom. The maximum Gasteiger partial charge on any atom is 0.402 e.